The lowest BCUT2D eigenvalue weighted by atomic mass is 10.1. The molecule has 2 N–H and O–H groups in total. The summed E-state index contributed by atoms with van der Waals surface area (Å²) in [5, 5.41) is 11.2. The number of imide groups is 2. The molecule has 4 rings (SSSR count). The lowest BCUT2D eigenvalue weighted by molar-refractivity contribution is -0.122. The second-order valence-corrected chi connectivity index (χ2v) is 9.06. The van der Waals surface area contributed by atoms with Crippen LogP contribution in [0.3, 0.4) is 0 Å². The minimum absolute atomic E-state index is 0.174. The van der Waals surface area contributed by atoms with Crippen molar-refractivity contribution in [3.05, 3.63) is 98.5 Å². The number of urea groups is 1. The second-order valence-electron chi connectivity index (χ2n) is 8.21. The minimum Gasteiger partial charge on any atom is -0.488 e. The molecule has 0 spiro atoms. The normalized spacial score (nSPS) is 14.7. The number of barbiturate groups is 1. The van der Waals surface area contributed by atoms with Crippen molar-refractivity contribution in [1.82, 2.24) is 5.32 Å². The fourth-order valence-corrected chi connectivity index (χ4v) is 4.06. The zero-order valence-corrected chi connectivity index (χ0v) is 21.0. The average molecular weight is 549 g/mol. The number of carboxylic acids is 1. The summed E-state index contributed by atoms with van der Waals surface area (Å²) in [5.74, 6) is -1.97. The van der Waals surface area contributed by atoms with E-state index in [4.69, 9.17) is 9.84 Å². The fraction of sp³-hybridized carbons (Fsp3) is 0.111. The van der Waals surface area contributed by atoms with Crippen LogP contribution in [0.5, 0.6) is 5.75 Å². The number of hydrogen-bond acceptors (Lipinski definition) is 5. The van der Waals surface area contributed by atoms with Gasteiger partial charge in [-0.05, 0) is 94.5 Å². The molecule has 0 atom stereocenters. The SMILES string of the molecule is Cc1ccc(N2C(=O)NC(=O)/C(=C\c3ccc(OCc4ccc(C(=O)O)cc4)c(Br)c3)C2=O)cc1C. The number of carboxylic acid groups (broad SMARTS) is 1. The highest BCUT2D eigenvalue weighted by atomic mass is 79.9. The van der Waals surface area contributed by atoms with Gasteiger partial charge in [0.05, 0.1) is 15.7 Å². The summed E-state index contributed by atoms with van der Waals surface area (Å²) in [6, 6.07) is 15.8. The fourth-order valence-electron chi connectivity index (χ4n) is 3.55. The van der Waals surface area contributed by atoms with Gasteiger partial charge in [0.2, 0.25) is 0 Å². The summed E-state index contributed by atoms with van der Waals surface area (Å²) in [4.78, 5) is 50.0. The number of halogens is 1. The number of amides is 4. The molecule has 4 amide bonds. The van der Waals surface area contributed by atoms with E-state index in [9.17, 15) is 19.2 Å². The van der Waals surface area contributed by atoms with Crippen molar-refractivity contribution >= 4 is 51.5 Å². The molecular formula is C27H21BrN2O6. The van der Waals surface area contributed by atoms with E-state index in [1.54, 1.807) is 48.5 Å². The van der Waals surface area contributed by atoms with Crippen molar-refractivity contribution in [3.8, 4) is 5.75 Å². The Bertz CT molecular complexity index is 1430. The number of rotatable bonds is 6. The first-order valence-electron chi connectivity index (χ1n) is 10.9. The van der Waals surface area contributed by atoms with Crippen LogP contribution in [0.2, 0.25) is 0 Å². The Hall–Kier alpha value is -4.24. The number of nitrogens with one attached hydrogen (secondary N) is 1. The van der Waals surface area contributed by atoms with Crippen molar-refractivity contribution in [1.29, 1.82) is 0 Å². The number of anilines is 1. The Labute approximate surface area is 215 Å². The van der Waals surface area contributed by atoms with Gasteiger partial charge in [0.15, 0.2) is 0 Å². The molecule has 0 aliphatic carbocycles. The molecule has 0 bridgehead atoms. The predicted molar refractivity (Wildman–Crippen MR) is 137 cm³/mol. The summed E-state index contributed by atoms with van der Waals surface area (Å²) in [7, 11) is 0. The zero-order chi connectivity index (χ0) is 26.0. The summed E-state index contributed by atoms with van der Waals surface area (Å²) < 4.78 is 6.39. The third-order valence-electron chi connectivity index (χ3n) is 5.71. The van der Waals surface area contributed by atoms with Crippen molar-refractivity contribution < 1.29 is 29.0 Å². The topological polar surface area (TPSA) is 113 Å². The van der Waals surface area contributed by atoms with E-state index in [1.165, 1.54) is 18.2 Å². The van der Waals surface area contributed by atoms with E-state index in [1.807, 2.05) is 13.8 Å². The summed E-state index contributed by atoms with van der Waals surface area (Å²) in [6.07, 6.45) is 1.41. The van der Waals surface area contributed by atoms with Gasteiger partial charge >= 0.3 is 12.0 Å². The van der Waals surface area contributed by atoms with Gasteiger partial charge < -0.3 is 9.84 Å². The van der Waals surface area contributed by atoms with Gasteiger partial charge in [0.1, 0.15) is 17.9 Å². The Morgan fingerprint density at radius 2 is 1.72 bits per heavy atom. The van der Waals surface area contributed by atoms with E-state index in [0.717, 1.165) is 21.6 Å². The summed E-state index contributed by atoms with van der Waals surface area (Å²) in [5.41, 5.74) is 3.66. The average Bonchev–Trinajstić information content (AvgIpc) is 2.83. The molecule has 0 radical (unpaired) electrons. The quantitative estimate of drug-likeness (QED) is 0.330. The number of hydrogen-bond donors (Lipinski definition) is 2. The van der Waals surface area contributed by atoms with Gasteiger partial charge in [0.25, 0.3) is 11.8 Å². The monoisotopic (exact) mass is 548 g/mol. The van der Waals surface area contributed by atoms with Gasteiger partial charge in [-0.1, -0.05) is 24.3 Å². The highest BCUT2D eigenvalue weighted by Gasteiger charge is 2.36. The highest BCUT2D eigenvalue weighted by molar-refractivity contribution is 9.10. The van der Waals surface area contributed by atoms with Gasteiger partial charge in [-0.25, -0.2) is 14.5 Å². The zero-order valence-electron chi connectivity index (χ0n) is 19.4. The molecule has 1 aliphatic heterocycles. The Morgan fingerprint density at radius 3 is 2.36 bits per heavy atom. The van der Waals surface area contributed by atoms with Crippen LogP contribution < -0.4 is 15.0 Å². The number of nitrogens with zero attached hydrogens (tertiary/aromatic N) is 1. The molecule has 3 aromatic rings. The molecule has 1 fully saturated rings. The predicted octanol–water partition coefficient (Wildman–Crippen LogP) is 5.01. The van der Waals surface area contributed by atoms with Crippen LogP contribution in [-0.2, 0) is 16.2 Å². The van der Waals surface area contributed by atoms with E-state index in [2.05, 4.69) is 21.2 Å². The molecular weight excluding hydrogens is 528 g/mol. The third kappa shape index (κ3) is 5.21. The molecule has 1 heterocycles. The minimum atomic E-state index is -0.999. The van der Waals surface area contributed by atoms with Gasteiger partial charge in [-0.3, -0.25) is 14.9 Å². The Kier molecular flexibility index (Phi) is 7.03. The van der Waals surface area contributed by atoms with Crippen LogP contribution in [0, 0.1) is 13.8 Å². The van der Waals surface area contributed by atoms with Crippen LogP contribution in [0.25, 0.3) is 6.08 Å². The standard InChI is InChI=1S/C27H21BrN2O6/c1-15-3-9-20(11-16(15)2)30-25(32)21(24(31)29-27(30)35)12-18-6-10-23(22(28)13-18)36-14-17-4-7-19(8-5-17)26(33)34/h3-13H,14H2,1-2H3,(H,33,34)(H,29,31,35)/b21-12+. The van der Waals surface area contributed by atoms with Gasteiger partial charge in [-0.2, -0.15) is 0 Å². The molecule has 182 valence electrons. The van der Waals surface area contributed by atoms with Crippen molar-refractivity contribution in [2.75, 3.05) is 4.90 Å². The highest BCUT2D eigenvalue weighted by Crippen LogP contribution is 2.29. The first-order valence-corrected chi connectivity index (χ1v) is 11.7. The molecule has 0 saturated carbocycles. The van der Waals surface area contributed by atoms with Gasteiger partial charge in [-0.15, -0.1) is 0 Å². The van der Waals surface area contributed by atoms with Gasteiger partial charge in [0, 0.05) is 0 Å². The van der Waals surface area contributed by atoms with Crippen LogP contribution in [0.4, 0.5) is 10.5 Å². The number of aryl methyl sites for hydroxylation is 2. The van der Waals surface area contributed by atoms with E-state index in [-0.39, 0.29) is 17.7 Å². The molecule has 9 heteroatoms. The maximum Gasteiger partial charge on any atom is 0.335 e. The molecule has 36 heavy (non-hydrogen) atoms. The van der Waals surface area contributed by atoms with Crippen molar-refractivity contribution in [2.24, 2.45) is 0 Å². The second kappa shape index (κ2) is 10.2. The smallest absolute Gasteiger partial charge is 0.335 e. The molecule has 8 nitrogen and oxygen atoms in total. The van der Waals surface area contributed by atoms with Crippen molar-refractivity contribution in [3.63, 3.8) is 0 Å². The molecule has 3 aromatic carbocycles. The van der Waals surface area contributed by atoms with E-state index < -0.39 is 23.8 Å². The van der Waals surface area contributed by atoms with E-state index >= 15 is 0 Å². The largest absolute Gasteiger partial charge is 0.488 e. The molecule has 1 aliphatic rings. The molecule has 1 saturated heterocycles. The number of carbonyl (C=O) groups excluding carboxylic acids is 3. The first kappa shape index (κ1) is 24.9. The van der Waals surface area contributed by atoms with Crippen molar-refractivity contribution in [2.45, 2.75) is 20.5 Å². The number of benzene rings is 3. The lowest BCUT2D eigenvalue weighted by Gasteiger charge is -2.26. The molecule has 0 aromatic heterocycles. The summed E-state index contributed by atoms with van der Waals surface area (Å²) >= 11 is 3.44. The molecule has 0 unspecified atom stereocenters. The maximum absolute atomic E-state index is 13.1. The van der Waals surface area contributed by atoms with Crippen LogP contribution in [0.1, 0.15) is 32.6 Å². The Morgan fingerprint density at radius 1 is 1.00 bits per heavy atom. The van der Waals surface area contributed by atoms with Crippen LogP contribution >= 0.6 is 15.9 Å². The first-order chi connectivity index (χ1) is 17.1. The number of ether oxygens (including phenoxy) is 1. The summed E-state index contributed by atoms with van der Waals surface area (Å²) in [6.45, 7) is 4.01. The lowest BCUT2D eigenvalue weighted by Crippen LogP contribution is -2.54. The van der Waals surface area contributed by atoms with E-state index in [0.29, 0.717) is 21.5 Å². The maximum atomic E-state index is 13.1. The number of aromatic carboxylic acids is 1. The number of carbonyl (C=O) groups is 4. The van der Waals surface area contributed by atoms with Crippen LogP contribution in [-0.4, -0.2) is 28.9 Å². The Balaban J connectivity index is 1.53. The third-order valence-corrected chi connectivity index (χ3v) is 6.33. The van der Waals surface area contributed by atoms with Crippen LogP contribution in [0.15, 0.2) is 70.7 Å².